The minimum Gasteiger partial charge on any atom is -0.383 e. The van der Waals surface area contributed by atoms with E-state index in [-0.39, 0.29) is 11.5 Å². The van der Waals surface area contributed by atoms with Crippen LogP contribution in [0.25, 0.3) is 16.8 Å². The van der Waals surface area contributed by atoms with E-state index in [1.165, 1.54) is 41.1 Å². The second kappa shape index (κ2) is 6.17. The van der Waals surface area contributed by atoms with Gasteiger partial charge in [0.05, 0.1) is 21.9 Å². The van der Waals surface area contributed by atoms with Crippen LogP contribution in [0.15, 0.2) is 48.5 Å². The zero-order chi connectivity index (χ0) is 19.1. The molecule has 2 N–H and O–H groups in total. The molecule has 0 radical (unpaired) electrons. The molecule has 0 spiro atoms. The summed E-state index contributed by atoms with van der Waals surface area (Å²) in [6, 6.07) is 10.4. The van der Waals surface area contributed by atoms with Gasteiger partial charge in [-0.25, -0.2) is 4.68 Å². The monoisotopic (exact) mass is 362 g/mol. The van der Waals surface area contributed by atoms with Gasteiger partial charge in [0.25, 0.3) is 5.69 Å². The molecule has 3 rings (SSSR count). The van der Waals surface area contributed by atoms with Gasteiger partial charge in [0, 0.05) is 17.7 Å². The van der Waals surface area contributed by atoms with E-state index in [1.54, 1.807) is 6.92 Å². The first-order chi connectivity index (χ1) is 12.2. The molecule has 1 aromatic heterocycles. The Kier molecular flexibility index (Phi) is 4.15. The molecule has 0 bridgehead atoms. The molecule has 0 aliphatic heterocycles. The number of nitrogen functional groups attached to an aromatic ring is 1. The third kappa shape index (κ3) is 3.10. The lowest BCUT2D eigenvalue weighted by Gasteiger charge is -2.09. The van der Waals surface area contributed by atoms with Gasteiger partial charge in [0.15, 0.2) is 0 Å². The number of rotatable bonds is 3. The van der Waals surface area contributed by atoms with Crippen molar-refractivity contribution in [2.75, 3.05) is 5.73 Å². The summed E-state index contributed by atoms with van der Waals surface area (Å²) in [6.07, 6.45) is -4.47. The number of nitro benzene ring substituents is 1. The Morgan fingerprint density at radius 2 is 1.81 bits per heavy atom. The van der Waals surface area contributed by atoms with Crippen LogP contribution < -0.4 is 5.73 Å². The van der Waals surface area contributed by atoms with Gasteiger partial charge in [-0.3, -0.25) is 10.1 Å². The van der Waals surface area contributed by atoms with Crippen LogP contribution in [0.5, 0.6) is 0 Å². The molecule has 0 amide bonds. The summed E-state index contributed by atoms with van der Waals surface area (Å²) >= 11 is 0. The fraction of sp³-hybridized carbons (Fsp3) is 0.118. The van der Waals surface area contributed by atoms with Gasteiger partial charge in [0.1, 0.15) is 5.82 Å². The summed E-state index contributed by atoms with van der Waals surface area (Å²) in [4.78, 5) is 10.2. The van der Waals surface area contributed by atoms with Crippen molar-refractivity contribution in [1.29, 1.82) is 0 Å². The summed E-state index contributed by atoms with van der Waals surface area (Å²) in [5, 5.41) is 15.0. The number of hydrogen-bond acceptors (Lipinski definition) is 4. The maximum Gasteiger partial charge on any atom is 0.416 e. The highest BCUT2D eigenvalue weighted by Gasteiger charge is 2.31. The summed E-state index contributed by atoms with van der Waals surface area (Å²) < 4.78 is 40.2. The molecule has 0 saturated heterocycles. The first-order valence-electron chi connectivity index (χ1n) is 7.46. The fourth-order valence-corrected chi connectivity index (χ4v) is 2.67. The summed E-state index contributed by atoms with van der Waals surface area (Å²) in [5.74, 6) is 0.149. The lowest BCUT2D eigenvalue weighted by atomic mass is 10.0. The maximum atomic E-state index is 13.0. The summed E-state index contributed by atoms with van der Waals surface area (Å²) in [5.41, 5.74) is 6.83. The number of nitrogens with zero attached hydrogens (tertiary/aromatic N) is 3. The summed E-state index contributed by atoms with van der Waals surface area (Å²) in [6.45, 7) is 1.63. The Bertz CT molecular complexity index is 979. The fourth-order valence-electron chi connectivity index (χ4n) is 2.67. The number of nitro groups is 1. The Morgan fingerprint density at radius 1 is 1.15 bits per heavy atom. The van der Waals surface area contributed by atoms with Crippen LogP contribution in [-0.4, -0.2) is 14.7 Å². The molecule has 0 fully saturated rings. The number of aryl methyl sites for hydroxylation is 1. The predicted octanol–water partition coefficient (Wildman–Crippen LogP) is 4.36. The van der Waals surface area contributed by atoms with E-state index in [1.807, 2.05) is 0 Å². The van der Waals surface area contributed by atoms with Crippen molar-refractivity contribution >= 4 is 11.5 Å². The molecule has 0 atom stereocenters. The molecule has 0 unspecified atom stereocenters. The van der Waals surface area contributed by atoms with Crippen molar-refractivity contribution in [2.45, 2.75) is 13.1 Å². The van der Waals surface area contributed by atoms with Crippen molar-refractivity contribution in [3.05, 3.63) is 69.9 Å². The van der Waals surface area contributed by atoms with Crippen molar-refractivity contribution in [3.8, 4) is 16.8 Å². The number of non-ortho nitro benzene ring substituents is 1. The maximum absolute atomic E-state index is 13.0. The van der Waals surface area contributed by atoms with Crippen molar-refractivity contribution in [1.82, 2.24) is 9.78 Å². The smallest absolute Gasteiger partial charge is 0.383 e. The van der Waals surface area contributed by atoms with Gasteiger partial charge in [-0.15, -0.1) is 0 Å². The highest BCUT2D eigenvalue weighted by Crippen LogP contribution is 2.36. The largest absolute Gasteiger partial charge is 0.416 e. The molecule has 2 aromatic carbocycles. The molecule has 6 nitrogen and oxygen atoms in total. The zero-order valence-corrected chi connectivity index (χ0v) is 13.5. The van der Waals surface area contributed by atoms with Crippen LogP contribution in [0.4, 0.5) is 24.7 Å². The van der Waals surface area contributed by atoms with E-state index in [2.05, 4.69) is 5.10 Å². The van der Waals surface area contributed by atoms with Crippen LogP contribution in [0.3, 0.4) is 0 Å². The molecule has 0 aliphatic carbocycles. The second-order valence-corrected chi connectivity index (χ2v) is 5.61. The van der Waals surface area contributed by atoms with Crippen LogP contribution in [-0.2, 0) is 6.18 Å². The molecule has 3 aromatic rings. The minimum absolute atomic E-state index is 0.0886. The molecular weight excluding hydrogens is 349 g/mol. The van der Waals surface area contributed by atoms with Crippen LogP contribution >= 0.6 is 0 Å². The van der Waals surface area contributed by atoms with Crippen molar-refractivity contribution in [2.24, 2.45) is 0 Å². The quantitative estimate of drug-likeness (QED) is 0.554. The average molecular weight is 362 g/mol. The number of benzene rings is 2. The standard InChI is InChI=1S/C17H13F3N4O2/c1-10-15(11-3-2-4-12(9-11)17(18,19)20)16(21)23(22-10)13-5-7-14(8-6-13)24(25)26/h2-9H,21H2,1H3. The van der Waals surface area contributed by atoms with Gasteiger partial charge in [-0.05, 0) is 36.8 Å². The third-order valence-corrected chi connectivity index (χ3v) is 3.88. The van der Waals surface area contributed by atoms with Gasteiger partial charge < -0.3 is 5.73 Å². The van der Waals surface area contributed by atoms with Crippen LogP contribution in [0.2, 0.25) is 0 Å². The van der Waals surface area contributed by atoms with E-state index in [0.717, 1.165) is 12.1 Å². The minimum atomic E-state index is -4.47. The van der Waals surface area contributed by atoms with E-state index in [0.29, 0.717) is 22.5 Å². The predicted molar refractivity (Wildman–Crippen MR) is 89.8 cm³/mol. The summed E-state index contributed by atoms with van der Waals surface area (Å²) in [7, 11) is 0. The van der Waals surface area contributed by atoms with Gasteiger partial charge in [-0.1, -0.05) is 12.1 Å². The highest BCUT2D eigenvalue weighted by molar-refractivity contribution is 5.78. The normalized spacial score (nSPS) is 11.5. The first kappa shape index (κ1) is 17.5. The average Bonchev–Trinajstić information content (AvgIpc) is 2.89. The molecule has 134 valence electrons. The number of halogens is 3. The van der Waals surface area contributed by atoms with Gasteiger partial charge >= 0.3 is 6.18 Å². The number of anilines is 1. The SMILES string of the molecule is Cc1nn(-c2ccc([N+](=O)[O-])cc2)c(N)c1-c1cccc(C(F)(F)F)c1. The van der Waals surface area contributed by atoms with E-state index in [4.69, 9.17) is 5.73 Å². The number of nitrogens with two attached hydrogens (primary N) is 1. The highest BCUT2D eigenvalue weighted by atomic mass is 19.4. The van der Waals surface area contributed by atoms with E-state index >= 15 is 0 Å². The number of alkyl halides is 3. The first-order valence-corrected chi connectivity index (χ1v) is 7.46. The molecule has 1 heterocycles. The molecule has 0 aliphatic rings. The zero-order valence-electron chi connectivity index (χ0n) is 13.5. The van der Waals surface area contributed by atoms with Gasteiger partial charge in [-0.2, -0.15) is 18.3 Å². The Labute approximate surface area is 145 Å². The molecule has 9 heteroatoms. The topological polar surface area (TPSA) is 87.0 Å². The van der Waals surface area contributed by atoms with Crippen molar-refractivity contribution < 1.29 is 18.1 Å². The van der Waals surface area contributed by atoms with E-state index < -0.39 is 16.7 Å². The Balaban J connectivity index is 2.08. The van der Waals surface area contributed by atoms with Crippen LogP contribution in [0, 0.1) is 17.0 Å². The number of aromatic nitrogens is 2. The lowest BCUT2D eigenvalue weighted by Crippen LogP contribution is -2.05. The lowest BCUT2D eigenvalue weighted by molar-refractivity contribution is -0.384. The van der Waals surface area contributed by atoms with Crippen molar-refractivity contribution in [3.63, 3.8) is 0 Å². The molecule has 26 heavy (non-hydrogen) atoms. The third-order valence-electron chi connectivity index (χ3n) is 3.88. The Hall–Kier alpha value is -3.36. The Morgan fingerprint density at radius 3 is 2.38 bits per heavy atom. The van der Waals surface area contributed by atoms with Gasteiger partial charge in [0.2, 0.25) is 0 Å². The molecule has 0 saturated carbocycles. The second-order valence-electron chi connectivity index (χ2n) is 5.61. The van der Waals surface area contributed by atoms with Crippen LogP contribution in [0.1, 0.15) is 11.3 Å². The molecular formula is C17H13F3N4O2. The number of hydrogen-bond donors (Lipinski definition) is 1. The van der Waals surface area contributed by atoms with E-state index in [9.17, 15) is 23.3 Å².